The quantitative estimate of drug-likeness (QED) is 0.653. The number of amidine groups is 1. The van der Waals surface area contributed by atoms with Crippen molar-refractivity contribution in [2.45, 2.75) is 13.8 Å². The Morgan fingerprint density at radius 2 is 2.20 bits per heavy atom. The molecule has 0 aliphatic rings. The summed E-state index contributed by atoms with van der Waals surface area (Å²) in [7, 11) is 0. The molecule has 0 atom stereocenters. The fourth-order valence-corrected chi connectivity index (χ4v) is 1.46. The summed E-state index contributed by atoms with van der Waals surface area (Å²) in [6.45, 7) is 4.78. The van der Waals surface area contributed by atoms with Gasteiger partial charge in [-0.1, -0.05) is 29.8 Å². The van der Waals surface area contributed by atoms with Gasteiger partial charge in [-0.15, -0.1) is 0 Å². The first-order chi connectivity index (χ1) is 7.00. The number of rotatable bonds is 4. The van der Waals surface area contributed by atoms with E-state index < -0.39 is 0 Å². The van der Waals surface area contributed by atoms with Crippen LogP contribution in [0.25, 0.3) is 0 Å². The van der Waals surface area contributed by atoms with Crippen LogP contribution in [0.1, 0.15) is 19.4 Å². The molecule has 1 rings (SSSR count). The summed E-state index contributed by atoms with van der Waals surface area (Å²) in [5.41, 5.74) is 6.10. The predicted molar refractivity (Wildman–Crippen MR) is 65.5 cm³/mol. The van der Waals surface area contributed by atoms with Gasteiger partial charge in [-0.3, -0.25) is 5.41 Å². The van der Waals surface area contributed by atoms with Gasteiger partial charge >= 0.3 is 0 Å². The highest BCUT2D eigenvalue weighted by molar-refractivity contribution is 9.10. The zero-order valence-corrected chi connectivity index (χ0v) is 10.5. The number of benzene rings is 1. The molecule has 0 spiro atoms. The van der Waals surface area contributed by atoms with E-state index in [4.69, 9.17) is 15.9 Å². The van der Waals surface area contributed by atoms with E-state index in [0.29, 0.717) is 23.8 Å². The Bertz CT molecular complexity index is 364. The largest absolute Gasteiger partial charge is 0.493 e. The van der Waals surface area contributed by atoms with Gasteiger partial charge in [0, 0.05) is 4.47 Å². The third-order valence-electron chi connectivity index (χ3n) is 1.80. The van der Waals surface area contributed by atoms with Crippen molar-refractivity contribution < 1.29 is 4.74 Å². The van der Waals surface area contributed by atoms with Gasteiger partial charge in [0.25, 0.3) is 0 Å². The van der Waals surface area contributed by atoms with Crippen molar-refractivity contribution in [2.24, 2.45) is 11.7 Å². The smallest absolute Gasteiger partial charge is 0.130 e. The van der Waals surface area contributed by atoms with Crippen molar-refractivity contribution in [1.29, 1.82) is 5.41 Å². The SMILES string of the molecule is CC(C)COc1ccc(Br)cc1C(=N)N. The molecule has 0 saturated carbocycles. The van der Waals surface area contributed by atoms with Crippen molar-refractivity contribution in [2.75, 3.05) is 6.61 Å². The van der Waals surface area contributed by atoms with Crippen molar-refractivity contribution >= 4 is 21.8 Å². The summed E-state index contributed by atoms with van der Waals surface area (Å²) in [4.78, 5) is 0. The van der Waals surface area contributed by atoms with Crippen molar-refractivity contribution in [3.05, 3.63) is 28.2 Å². The van der Waals surface area contributed by atoms with E-state index >= 15 is 0 Å². The van der Waals surface area contributed by atoms with Crippen molar-refractivity contribution in [3.63, 3.8) is 0 Å². The number of nitrogens with two attached hydrogens (primary N) is 1. The van der Waals surface area contributed by atoms with E-state index in [1.54, 1.807) is 6.07 Å². The molecule has 82 valence electrons. The van der Waals surface area contributed by atoms with Gasteiger partial charge in [0.1, 0.15) is 11.6 Å². The third kappa shape index (κ3) is 3.55. The lowest BCUT2D eigenvalue weighted by Gasteiger charge is -2.12. The molecule has 3 nitrogen and oxygen atoms in total. The standard InChI is InChI=1S/C11H15BrN2O/c1-7(2)6-15-10-4-3-8(12)5-9(10)11(13)14/h3-5,7H,6H2,1-2H3,(H3,13,14). The molecule has 15 heavy (non-hydrogen) atoms. The molecule has 3 N–H and O–H groups in total. The molecule has 0 unspecified atom stereocenters. The van der Waals surface area contributed by atoms with Gasteiger partial charge in [0.2, 0.25) is 0 Å². The zero-order valence-electron chi connectivity index (χ0n) is 8.88. The zero-order chi connectivity index (χ0) is 11.4. The van der Waals surface area contributed by atoms with Gasteiger partial charge in [-0.05, 0) is 24.1 Å². The number of halogens is 1. The summed E-state index contributed by atoms with van der Waals surface area (Å²) < 4.78 is 6.47. The molecular formula is C11H15BrN2O. The molecule has 0 saturated heterocycles. The van der Waals surface area contributed by atoms with Gasteiger partial charge in [0.05, 0.1) is 12.2 Å². The van der Waals surface area contributed by atoms with Crippen LogP contribution in [0.2, 0.25) is 0 Å². The maximum atomic E-state index is 7.44. The number of hydrogen-bond donors (Lipinski definition) is 2. The number of hydrogen-bond acceptors (Lipinski definition) is 2. The Kier molecular flexibility index (Phi) is 4.15. The lowest BCUT2D eigenvalue weighted by atomic mass is 10.2. The maximum absolute atomic E-state index is 7.44. The molecule has 0 heterocycles. The fraction of sp³-hybridized carbons (Fsp3) is 0.364. The molecular weight excluding hydrogens is 256 g/mol. The van der Waals surface area contributed by atoms with Crippen LogP contribution >= 0.6 is 15.9 Å². The first-order valence-electron chi connectivity index (χ1n) is 4.77. The minimum Gasteiger partial charge on any atom is -0.493 e. The Labute approximate surface area is 98.3 Å². The fourth-order valence-electron chi connectivity index (χ4n) is 1.09. The molecule has 0 amide bonds. The van der Waals surface area contributed by atoms with E-state index in [0.717, 1.165) is 4.47 Å². The minimum absolute atomic E-state index is 0.0232. The topological polar surface area (TPSA) is 59.1 Å². The molecule has 0 fully saturated rings. The number of nitrogens with one attached hydrogen (secondary N) is 1. The van der Waals surface area contributed by atoms with E-state index in [9.17, 15) is 0 Å². The van der Waals surface area contributed by atoms with Gasteiger partial charge in [0.15, 0.2) is 0 Å². The Morgan fingerprint density at radius 1 is 1.53 bits per heavy atom. The van der Waals surface area contributed by atoms with E-state index in [1.807, 2.05) is 12.1 Å². The Balaban J connectivity index is 2.91. The van der Waals surface area contributed by atoms with Crippen LogP contribution in [0.15, 0.2) is 22.7 Å². The Morgan fingerprint density at radius 3 is 2.73 bits per heavy atom. The summed E-state index contributed by atoms with van der Waals surface area (Å²) >= 11 is 3.34. The summed E-state index contributed by atoms with van der Waals surface area (Å²) in [5.74, 6) is 1.14. The highest BCUT2D eigenvalue weighted by Crippen LogP contribution is 2.23. The van der Waals surface area contributed by atoms with Crippen molar-refractivity contribution in [1.82, 2.24) is 0 Å². The number of ether oxygens (including phenoxy) is 1. The normalized spacial score (nSPS) is 10.4. The van der Waals surface area contributed by atoms with E-state index in [2.05, 4.69) is 29.8 Å². The van der Waals surface area contributed by atoms with Crippen LogP contribution in [0.4, 0.5) is 0 Å². The molecule has 0 bridgehead atoms. The highest BCUT2D eigenvalue weighted by Gasteiger charge is 2.07. The van der Waals surface area contributed by atoms with E-state index in [1.165, 1.54) is 0 Å². The molecule has 0 aliphatic heterocycles. The first kappa shape index (κ1) is 12.0. The van der Waals surface area contributed by atoms with Crippen molar-refractivity contribution in [3.8, 4) is 5.75 Å². The minimum atomic E-state index is 0.0232. The predicted octanol–water partition coefficient (Wildman–Crippen LogP) is 2.77. The summed E-state index contributed by atoms with van der Waals surface area (Å²) in [5, 5.41) is 7.44. The molecule has 0 aromatic heterocycles. The van der Waals surface area contributed by atoms with Gasteiger partial charge in [-0.2, -0.15) is 0 Å². The molecule has 1 aromatic rings. The summed E-state index contributed by atoms with van der Waals surface area (Å²) in [6.07, 6.45) is 0. The van der Waals surface area contributed by atoms with Crippen LogP contribution in [0.5, 0.6) is 5.75 Å². The molecule has 0 aliphatic carbocycles. The van der Waals surface area contributed by atoms with Gasteiger partial charge in [-0.25, -0.2) is 0 Å². The van der Waals surface area contributed by atoms with Crippen LogP contribution < -0.4 is 10.5 Å². The van der Waals surface area contributed by atoms with E-state index in [-0.39, 0.29) is 5.84 Å². The highest BCUT2D eigenvalue weighted by atomic mass is 79.9. The number of nitrogen functional groups attached to an aromatic ring is 1. The second-order valence-corrected chi connectivity index (χ2v) is 4.67. The third-order valence-corrected chi connectivity index (χ3v) is 2.30. The van der Waals surface area contributed by atoms with Gasteiger partial charge < -0.3 is 10.5 Å². The molecule has 0 radical (unpaired) electrons. The molecule has 1 aromatic carbocycles. The first-order valence-corrected chi connectivity index (χ1v) is 5.56. The monoisotopic (exact) mass is 270 g/mol. The lowest BCUT2D eigenvalue weighted by Crippen LogP contribution is -2.14. The average molecular weight is 271 g/mol. The second-order valence-electron chi connectivity index (χ2n) is 3.76. The van der Waals surface area contributed by atoms with Crippen LogP contribution in [0, 0.1) is 11.3 Å². The lowest BCUT2D eigenvalue weighted by molar-refractivity contribution is 0.270. The summed E-state index contributed by atoms with van der Waals surface area (Å²) in [6, 6.07) is 5.49. The van der Waals surface area contributed by atoms with Crippen LogP contribution in [-0.4, -0.2) is 12.4 Å². The second kappa shape index (κ2) is 5.16. The maximum Gasteiger partial charge on any atom is 0.130 e. The Hall–Kier alpha value is -1.03. The van der Waals surface area contributed by atoms with Crippen LogP contribution in [0.3, 0.4) is 0 Å². The molecule has 4 heteroatoms. The van der Waals surface area contributed by atoms with Crippen LogP contribution in [-0.2, 0) is 0 Å². The average Bonchev–Trinajstić information content (AvgIpc) is 2.15.